The van der Waals surface area contributed by atoms with E-state index in [2.05, 4.69) is 9.88 Å². The summed E-state index contributed by atoms with van der Waals surface area (Å²) >= 11 is 0. The molecule has 4 heterocycles. The first-order valence-corrected chi connectivity index (χ1v) is 10.2. The number of anilines is 1. The van der Waals surface area contributed by atoms with Crippen molar-refractivity contribution in [2.24, 2.45) is 0 Å². The Morgan fingerprint density at radius 3 is 2.65 bits per heavy atom. The normalized spacial score (nSPS) is 19.1. The number of nitrogens with zero attached hydrogens (tertiary/aromatic N) is 5. The molecular formula is C22H22FN5O3. The van der Waals surface area contributed by atoms with E-state index < -0.39 is 17.2 Å². The van der Waals surface area contributed by atoms with Gasteiger partial charge in [-0.1, -0.05) is 6.07 Å². The minimum absolute atomic E-state index is 0.0364. The van der Waals surface area contributed by atoms with E-state index in [-0.39, 0.29) is 17.0 Å². The van der Waals surface area contributed by atoms with Gasteiger partial charge in [0.1, 0.15) is 17.4 Å². The lowest BCUT2D eigenvalue weighted by atomic mass is 10.1. The van der Waals surface area contributed by atoms with Crippen LogP contribution in [0.1, 0.15) is 22.1 Å². The second-order valence-corrected chi connectivity index (χ2v) is 8.03. The molecule has 1 N–H and O–H groups in total. The molecular weight excluding hydrogens is 401 g/mol. The summed E-state index contributed by atoms with van der Waals surface area (Å²) in [6, 6.07) is 8.43. The highest BCUT2D eigenvalue weighted by molar-refractivity contribution is 5.93. The molecule has 0 amide bonds. The monoisotopic (exact) mass is 423 g/mol. The van der Waals surface area contributed by atoms with Gasteiger partial charge in [-0.05, 0) is 31.3 Å². The lowest BCUT2D eigenvalue weighted by Crippen LogP contribution is -2.44. The molecule has 2 aliphatic heterocycles. The van der Waals surface area contributed by atoms with E-state index in [1.54, 1.807) is 16.9 Å². The van der Waals surface area contributed by atoms with Crippen LogP contribution in [0.3, 0.4) is 0 Å². The van der Waals surface area contributed by atoms with Gasteiger partial charge in [0.25, 0.3) is 0 Å². The molecule has 8 nitrogen and oxygen atoms in total. The Morgan fingerprint density at radius 1 is 1.19 bits per heavy atom. The molecule has 5 rings (SSSR count). The maximum atomic E-state index is 15.0. The first kappa shape index (κ1) is 19.5. The summed E-state index contributed by atoms with van der Waals surface area (Å²) in [7, 11) is 2.03. The van der Waals surface area contributed by atoms with Crippen LogP contribution in [0.2, 0.25) is 0 Å². The summed E-state index contributed by atoms with van der Waals surface area (Å²) in [5.41, 5.74) is 0.703. The number of benzene rings is 1. The minimum atomic E-state index is -1.33. The second kappa shape index (κ2) is 7.35. The Balaban J connectivity index is 1.64. The van der Waals surface area contributed by atoms with Crippen LogP contribution in [0.25, 0.3) is 10.9 Å². The maximum absolute atomic E-state index is 15.0. The highest BCUT2D eigenvalue weighted by Crippen LogP contribution is 2.34. The first-order chi connectivity index (χ1) is 14.9. The number of aromatic carboxylic acids is 1. The highest BCUT2D eigenvalue weighted by atomic mass is 19.1. The Labute approximate surface area is 177 Å². The molecule has 1 atom stereocenters. The average Bonchev–Trinajstić information content (AvgIpc) is 3.56. The number of pyridine rings is 2. The van der Waals surface area contributed by atoms with Crippen LogP contribution in [0, 0.1) is 5.82 Å². The van der Waals surface area contributed by atoms with Crippen molar-refractivity contribution in [1.29, 1.82) is 0 Å². The molecule has 2 saturated heterocycles. The number of carboxylic acids is 1. The number of likely N-dealkylation sites (N-methyl/N-ethyl adjacent to an activating group) is 1. The Bertz CT molecular complexity index is 1220. The van der Waals surface area contributed by atoms with Crippen LogP contribution in [0.15, 0.2) is 47.5 Å². The molecule has 31 heavy (non-hydrogen) atoms. The molecule has 0 saturated carbocycles. The number of carbonyl (C=O) groups is 1. The van der Waals surface area contributed by atoms with Gasteiger partial charge in [-0.15, -0.1) is 0 Å². The van der Waals surface area contributed by atoms with Crippen molar-refractivity contribution < 1.29 is 14.3 Å². The summed E-state index contributed by atoms with van der Waals surface area (Å²) in [5.74, 6) is -1.85. The summed E-state index contributed by atoms with van der Waals surface area (Å²) in [5, 5.41) is 11.5. The number of aromatic nitrogens is 2. The van der Waals surface area contributed by atoms with E-state index in [1.807, 2.05) is 35.2 Å². The van der Waals surface area contributed by atoms with E-state index >= 15 is 4.39 Å². The molecule has 1 unspecified atom stereocenters. The van der Waals surface area contributed by atoms with Crippen LogP contribution in [-0.2, 0) is 0 Å². The average molecular weight is 423 g/mol. The molecule has 0 spiro atoms. The van der Waals surface area contributed by atoms with Gasteiger partial charge in [0.15, 0.2) is 0 Å². The lowest BCUT2D eigenvalue weighted by Gasteiger charge is -2.34. The number of hydrogen-bond donors (Lipinski definition) is 1. The number of halogens is 1. The van der Waals surface area contributed by atoms with E-state index in [1.165, 1.54) is 12.3 Å². The van der Waals surface area contributed by atoms with E-state index in [4.69, 9.17) is 0 Å². The smallest absolute Gasteiger partial charge is 0.341 e. The summed E-state index contributed by atoms with van der Waals surface area (Å²) in [6.07, 6.45) is 3.04. The van der Waals surface area contributed by atoms with Crippen molar-refractivity contribution in [3.05, 3.63) is 70.0 Å². The number of rotatable bonds is 4. The number of piperazine rings is 1. The van der Waals surface area contributed by atoms with Gasteiger partial charge in [-0.3, -0.25) is 19.5 Å². The molecule has 160 valence electrons. The number of hydrogen-bond acceptors (Lipinski definition) is 6. The molecule has 9 heteroatoms. The van der Waals surface area contributed by atoms with Gasteiger partial charge in [0.05, 0.1) is 28.8 Å². The van der Waals surface area contributed by atoms with Gasteiger partial charge in [0, 0.05) is 38.6 Å². The fraction of sp³-hybridized carbons (Fsp3) is 0.318. The van der Waals surface area contributed by atoms with Crippen LogP contribution >= 0.6 is 0 Å². The fourth-order valence-electron chi connectivity index (χ4n) is 4.16. The topological polar surface area (TPSA) is 81.7 Å². The number of fused-ring (bicyclic) bond motifs is 1. The maximum Gasteiger partial charge on any atom is 0.341 e. The Hall–Kier alpha value is -3.46. The summed E-state index contributed by atoms with van der Waals surface area (Å²) in [4.78, 5) is 33.0. The van der Waals surface area contributed by atoms with Crippen molar-refractivity contribution in [2.45, 2.75) is 6.04 Å². The van der Waals surface area contributed by atoms with Crippen molar-refractivity contribution >= 4 is 22.6 Å². The van der Waals surface area contributed by atoms with E-state index in [0.717, 1.165) is 18.8 Å². The standard InChI is InChI=1S/C22H22FN5O3/c1-25-6-8-26(9-7-25)19-11-18-14(10-16(19)23)21(29)15(22(30)31)12-27(18)28-13-20(28)17-4-2-3-5-24-17/h2-5,10-12,20H,6-9,13H2,1H3,(H,30,31). The van der Waals surface area contributed by atoms with E-state index in [0.29, 0.717) is 30.8 Å². The predicted octanol–water partition coefficient (Wildman–Crippen LogP) is 1.68. The molecule has 1 aromatic carbocycles. The van der Waals surface area contributed by atoms with Crippen LogP contribution in [0.5, 0.6) is 0 Å². The predicted molar refractivity (Wildman–Crippen MR) is 115 cm³/mol. The quantitative estimate of drug-likeness (QED) is 0.640. The molecule has 2 aromatic heterocycles. The SMILES string of the molecule is CN1CCN(c2cc3c(cc2F)c(=O)c(C(=O)O)cn3N2CC2c2ccccn2)CC1. The molecule has 0 bridgehead atoms. The molecule has 2 fully saturated rings. The number of carboxylic acid groups (broad SMARTS) is 1. The van der Waals surface area contributed by atoms with Gasteiger partial charge in [-0.25, -0.2) is 9.18 Å². The minimum Gasteiger partial charge on any atom is -0.477 e. The molecule has 2 aliphatic rings. The third-order valence-corrected chi connectivity index (χ3v) is 6.02. The zero-order valence-corrected chi connectivity index (χ0v) is 17.0. The zero-order valence-electron chi connectivity index (χ0n) is 17.0. The Kier molecular flexibility index (Phi) is 4.62. The molecule has 0 aliphatic carbocycles. The third-order valence-electron chi connectivity index (χ3n) is 6.02. The zero-order chi connectivity index (χ0) is 21.7. The second-order valence-electron chi connectivity index (χ2n) is 8.03. The first-order valence-electron chi connectivity index (χ1n) is 10.2. The van der Waals surface area contributed by atoms with Gasteiger partial charge >= 0.3 is 5.97 Å². The van der Waals surface area contributed by atoms with Crippen LogP contribution < -0.4 is 15.3 Å². The van der Waals surface area contributed by atoms with Gasteiger partial charge < -0.3 is 14.9 Å². The van der Waals surface area contributed by atoms with Crippen LogP contribution in [0.4, 0.5) is 10.1 Å². The lowest BCUT2D eigenvalue weighted by molar-refractivity contribution is 0.0695. The van der Waals surface area contributed by atoms with Gasteiger partial charge in [-0.2, -0.15) is 0 Å². The third kappa shape index (κ3) is 3.40. The van der Waals surface area contributed by atoms with Crippen molar-refractivity contribution in [1.82, 2.24) is 14.6 Å². The largest absolute Gasteiger partial charge is 0.477 e. The summed E-state index contributed by atoms with van der Waals surface area (Å²) < 4.78 is 16.7. The van der Waals surface area contributed by atoms with Gasteiger partial charge in [0.2, 0.25) is 5.43 Å². The fourth-order valence-corrected chi connectivity index (χ4v) is 4.16. The molecule has 0 radical (unpaired) electrons. The van der Waals surface area contributed by atoms with Crippen molar-refractivity contribution in [3.63, 3.8) is 0 Å². The molecule has 3 aromatic rings. The summed E-state index contributed by atoms with van der Waals surface area (Å²) in [6.45, 7) is 3.61. The highest BCUT2D eigenvalue weighted by Gasteiger charge is 2.38. The van der Waals surface area contributed by atoms with Crippen molar-refractivity contribution in [3.8, 4) is 0 Å². The van der Waals surface area contributed by atoms with E-state index in [9.17, 15) is 14.7 Å². The Morgan fingerprint density at radius 2 is 1.97 bits per heavy atom. The van der Waals surface area contributed by atoms with Crippen LogP contribution in [-0.4, -0.2) is 65.4 Å². The van der Waals surface area contributed by atoms with Crippen molar-refractivity contribution in [2.75, 3.05) is 49.7 Å².